The number of ether oxygens (including phenoxy) is 1. The lowest BCUT2D eigenvalue weighted by Crippen LogP contribution is -2.25. The highest BCUT2D eigenvalue weighted by atomic mass is 16.5. The standard InChI is InChI=1S/C11H20N4O/c1-16-11-9-14(6-2-4-12)8-10(11)15-7-3-5-13-15/h3,5,7,10-11H,2,4,6,8-9,12H2,1H3/t10-,11-/m1/s1. The van der Waals surface area contributed by atoms with Gasteiger partial charge in [-0.1, -0.05) is 0 Å². The second-order valence-electron chi connectivity index (χ2n) is 4.23. The van der Waals surface area contributed by atoms with Gasteiger partial charge in [0.25, 0.3) is 0 Å². The molecule has 1 aliphatic heterocycles. The van der Waals surface area contributed by atoms with Gasteiger partial charge in [-0.05, 0) is 25.6 Å². The topological polar surface area (TPSA) is 56.3 Å². The Bertz CT molecular complexity index is 301. The molecule has 5 heteroatoms. The maximum absolute atomic E-state index is 5.53. The Morgan fingerprint density at radius 1 is 1.50 bits per heavy atom. The molecule has 90 valence electrons. The lowest BCUT2D eigenvalue weighted by molar-refractivity contribution is 0.0781. The number of hydrogen-bond donors (Lipinski definition) is 1. The van der Waals surface area contributed by atoms with Crippen LogP contribution in [0, 0.1) is 0 Å². The zero-order valence-electron chi connectivity index (χ0n) is 9.75. The van der Waals surface area contributed by atoms with Gasteiger partial charge in [0, 0.05) is 32.6 Å². The molecule has 0 radical (unpaired) electrons. The Labute approximate surface area is 96.2 Å². The summed E-state index contributed by atoms with van der Waals surface area (Å²) >= 11 is 0. The van der Waals surface area contributed by atoms with Crippen LogP contribution in [0.5, 0.6) is 0 Å². The molecule has 0 unspecified atom stereocenters. The molecule has 0 spiro atoms. The minimum atomic E-state index is 0.234. The van der Waals surface area contributed by atoms with Gasteiger partial charge in [-0.15, -0.1) is 0 Å². The van der Waals surface area contributed by atoms with Crippen LogP contribution in [0.15, 0.2) is 18.5 Å². The van der Waals surface area contributed by atoms with Crippen LogP contribution in [0.2, 0.25) is 0 Å². The molecule has 1 saturated heterocycles. The molecule has 0 saturated carbocycles. The third-order valence-electron chi connectivity index (χ3n) is 3.16. The van der Waals surface area contributed by atoms with Gasteiger partial charge in [0.2, 0.25) is 0 Å². The molecule has 2 rings (SSSR count). The van der Waals surface area contributed by atoms with E-state index in [1.165, 1.54) is 0 Å². The van der Waals surface area contributed by atoms with Crippen LogP contribution in [0.25, 0.3) is 0 Å². The molecule has 1 aliphatic rings. The van der Waals surface area contributed by atoms with Crippen LogP contribution in [0.4, 0.5) is 0 Å². The van der Waals surface area contributed by atoms with Crippen molar-refractivity contribution in [2.24, 2.45) is 5.73 Å². The van der Waals surface area contributed by atoms with Crippen molar-refractivity contribution in [1.29, 1.82) is 0 Å². The SMILES string of the molecule is CO[C@@H]1CN(CCCN)C[C@H]1n1cccn1. The smallest absolute Gasteiger partial charge is 0.0934 e. The number of hydrogen-bond acceptors (Lipinski definition) is 4. The highest BCUT2D eigenvalue weighted by Gasteiger charge is 2.33. The summed E-state index contributed by atoms with van der Waals surface area (Å²) in [5.41, 5.74) is 5.53. The van der Waals surface area contributed by atoms with E-state index in [1.807, 2.05) is 23.1 Å². The van der Waals surface area contributed by atoms with Gasteiger partial charge in [-0.3, -0.25) is 9.58 Å². The molecule has 1 aromatic heterocycles. The largest absolute Gasteiger partial charge is 0.378 e. The molecular formula is C11H20N4O. The highest BCUT2D eigenvalue weighted by Crippen LogP contribution is 2.23. The summed E-state index contributed by atoms with van der Waals surface area (Å²) in [6.45, 7) is 3.77. The van der Waals surface area contributed by atoms with E-state index in [9.17, 15) is 0 Å². The zero-order chi connectivity index (χ0) is 11.4. The molecule has 0 aliphatic carbocycles. The lowest BCUT2D eigenvalue weighted by atomic mass is 10.2. The van der Waals surface area contributed by atoms with Crippen molar-refractivity contribution in [2.75, 3.05) is 33.3 Å². The molecule has 1 fully saturated rings. The average molecular weight is 224 g/mol. The van der Waals surface area contributed by atoms with Gasteiger partial charge in [0.1, 0.15) is 0 Å². The van der Waals surface area contributed by atoms with Crippen LogP contribution in [0.3, 0.4) is 0 Å². The first-order chi connectivity index (χ1) is 7.85. The first kappa shape index (κ1) is 11.6. The number of methoxy groups -OCH3 is 1. The van der Waals surface area contributed by atoms with Crippen molar-refractivity contribution < 1.29 is 4.74 Å². The van der Waals surface area contributed by atoms with Crippen LogP contribution in [-0.2, 0) is 4.74 Å². The maximum atomic E-state index is 5.53. The molecular weight excluding hydrogens is 204 g/mol. The van der Waals surface area contributed by atoms with Crippen LogP contribution >= 0.6 is 0 Å². The van der Waals surface area contributed by atoms with Crippen LogP contribution in [-0.4, -0.2) is 54.1 Å². The van der Waals surface area contributed by atoms with Crippen molar-refractivity contribution in [2.45, 2.75) is 18.6 Å². The Balaban J connectivity index is 1.97. The van der Waals surface area contributed by atoms with E-state index in [4.69, 9.17) is 10.5 Å². The molecule has 5 nitrogen and oxygen atoms in total. The Morgan fingerprint density at radius 2 is 2.38 bits per heavy atom. The molecule has 2 atom stereocenters. The lowest BCUT2D eigenvalue weighted by Gasteiger charge is -2.16. The highest BCUT2D eigenvalue weighted by molar-refractivity contribution is 4.92. The van der Waals surface area contributed by atoms with Crippen molar-refractivity contribution >= 4 is 0 Å². The first-order valence-electron chi connectivity index (χ1n) is 5.79. The number of nitrogens with two attached hydrogens (primary N) is 1. The fourth-order valence-electron chi connectivity index (χ4n) is 2.29. The zero-order valence-corrected chi connectivity index (χ0v) is 9.75. The van der Waals surface area contributed by atoms with Gasteiger partial charge in [-0.25, -0.2) is 0 Å². The fraction of sp³-hybridized carbons (Fsp3) is 0.727. The van der Waals surface area contributed by atoms with E-state index >= 15 is 0 Å². The van der Waals surface area contributed by atoms with Gasteiger partial charge < -0.3 is 10.5 Å². The first-order valence-corrected chi connectivity index (χ1v) is 5.79. The van der Waals surface area contributed by atoms with E-state index in [2.05, 4.69) is 10.00 Å². The normalized spacial score (nSPS) is 26.4. The quantitative estimate of drug-likeness (QED) is 0.771. The van der Waals surface area contributed by atoms with E-state index < -0.39 is 0 Å². The molecule has 2 heterocycles. The fourth-order valence-corrected chi connectivity index (χ4v) is 2.29. The monoisotopic (exact) mass is 224 g/mol. The van der Waals surface area contributed by atoms with Crippen LogP contribution in [0.1, 0.15) is 12.5 Å². The Morgan fingerprint density at radius 3 is 3.00 bits per heavy atom. The predicted molar refractivity (Wildman–Crippen MR) is 62.2 cm³/mol. The van der Waals surface area contributed by atoms with Crippen molar-refractivity contribution in [3.05, 3.63) is 18.5 Å². The predicted octanol–water partition coefficient (Wildman–Crippen LogP) is 0.104. The summed E-state index contributed by atoms with van der Waals surface area (Å²) in [7, 11) is 1.77. The Kier molecular flexibility index (Phi) is 3.93. The van der Waals surface area contributed by atoms with E-state index in [1.54, 1.807) is 7.11 Å². The Hall–Kier alpha value is -0.910. The molecule has 16 heavy (non-hydrogen) atoms. The summed E-state index contributed by atoms with van der Waals surface area (Å²) < 4.78 is 7.52. The number of aromatic nitrogens is 2. The second-order valence-corrected chi connectivity index (χ2v) is 4.23. The summed E-state index contributed by atoms with van der Waals surface area (Å²) in [4.78, 5) is 2.40. The minimum Gasteiger partial charge on any atom is -0.378 e. The van der Waals surface area contributed by atoms with E-state index in [0.29, 0.717) is 6.04 Å². The van der Waals surface area contributed by atoms with Gasteiger partial charge in [-0.2, -0.15) is 5.10 Å². The third-order valence-corrected chi connectivity index (χ3v) is 3.16. The minimum absolute atomic E-state index is 0.234. The number of likely N-dealkylation sites (tertiary alicyclic amines) is 1. The summed E-state index contributed by atoms with van der Waals surface area (Å²) in [5, 5.41) is 4.30. The van der Waals surface area contributed by atoms with Gasteiger partial charge in [0.05, 0.1) is 12.1 Å². The van der Waals surface area contributed by atoms with Crippen molar-refractivity contribution in [3.63, 3.8) is 0 Å². The maximum Gasteiger partial charge on any atom is 0.0934 e. The molecule has 0 amide bonds. The number of rotatable bonds is 5. The molecule has 1 aromatic rings. The van der Waals surface area contributed by atoms with E-state index in [-0.39, 0.29) is 6.10 Å². The summed E-state index contributed by atoms with van der Waals surface area (Å²) in [5.74, 6) is 0. The van der Waals surface area contributed by atoms with Crippen molar-refractivity contribution in [3.8, 4) is 0 Å². The molecule has 0 bridgehead atoms. The third kappa shape index (κ3) is 2.42. The van der Waals surface area contributed by atoms with Gasteiger partial charge >= 0.3 is 0 Å². The summed E-state index contributed by atoms with van der Waals surface area (Å²) in [6, 6.07) is 2.28. The molecule has 2 N–H and O–H groups in total. The van der Waals surface area contributed by atoms with Gasteiger partial charge in [0.15, 0.2) is 0 Å². The summed E-state index contributed by atoms with van der Waals surface area (Å²) in [6.07, 6.45) is 5.10. The van der Waals surface area contributed by atoms with Crippen LogP contribution < -0.4 is 5.73 Å². The van der Waals surface area contributed by atoms with Crippen molar-refractivity contribution in [1.82, 2.24) is 14.7 Å². The average Bonchev–Trinajstić information content (AvgIpc) is 2.94. The molecule has 0 aromatic carbocycles. The number of nitrogens with zero attached hydrogens (tertiary/aromatic N) is 3. The van der Waals surface area contributed by atoms with E-state index in [0.717, 1.165) is 32.6 Å². The second kappa shape index (κ2) is 5.43.